The molecule has 0 atom stereocenters. The Labute approximate surface area is 127 Å². The van der Waals surface area contributed by atoms with Gasteiger partial charge in [0.2, 0.25) is 5.04 Å². The van der Waals surface area contributed by atoms with Gasteiger partial charge in [-0.2, -0.15) is 8.42 Å². The third kappa shape index (κ3) is 6.46. The second kappa shape index (κ2) is 8.48. The lowest BCUT2D eigenvalue weighted by molar-refractivity contribution is -0.134. The van der Waals surface area contributed by atoms with E-state index in [4.69, 9.17) is 4.74 Å². The number of carbonyl (C=O) groups is 1. The van der Waals surface area contributed by atoms with Gasteiger partial charge < -0.3 is 4.74 Å². The summed E-state index contributed by atoms with van der Waals surface area (Å²) in [5.74, 6) is -1.15. The van der Waals surface area contributed by atoms with Crippen LogP contribution in [-0.4, -0.2) is 31.8 Å². The zero-order valence-corrected chi connectivity index (χ0v) is 13.0. The van der Waals surface area contributed by atoms with Gasteiger partial charge in [-0.15, -0.1) is 6.58 Å². The van der Waals surface area contributed by atoms with Crippen LogP contribution in [0.4, 0.5) is 0 Å². The summed E-state index contributed by atoms with van der Waals surface area (Å²) in [7, 11) is -3.89. The molecule has 0 spiro atoms. The van der Waals surface area contributed by atoms with E-state index in [9.17, 15) is 13.2 Å². The molecule has 1 aromatic carbocycles. The molecule has 0 heterocycles. The van der Waals surface area contributed by atoms with E-state index in [1.54, 1.807) is 31.2 Å². The number of rotatable bonds is 6. The van der Waals surface area contributed by atoms with Crippen molar-refractivity contribution in [2.75, 3.05) is 12.4 Å². The van der Waals surface area contributed by atoms with Crippen molar-refractivity contribution in [3.63, 3.8) is 0 Å². The molecule has 1 rings (SSSR count). The second-order valence-corrected chi connectivity index (χ2v) is 6.28. The fourth-order valence-corrected chi connectivity index (χ4v) is 2.47. The molecule has 0 saturated carbocycles. The van der Waals surface area contributed by atoms with Gasteiger partial charge in [0.1, 0.15) is 5.75 Å². The molecule has 0 N–H and O–H groups in total. The van der Waals surface area contributed by atoms with E-state index < -0.39 is 21.8 Å². The summed E-state index contributed by atoms with van der Waals surface area (Å²) in [5, 5.41) is 3.20. The van der Waals surface area contributed by atoms with Gasteiger partial charge in [0.15, 0.2) is 0 Å². The third-order valence-corrected chi connectivity index (χ3v) is 3.85. The van der Waals surface area contributed by atoms with E-state index in [2.05, 4.69) is 16.0 Å². The standard InChI is InChI=1S/C13H15NO5S2/c1-3-10-21(16,17)19-14-12(13(15)18-4-2)20-11-8-6-5-7-9-11/h3,5-9H,1,4,10H2,2H3/b14-12-. The van der Waals surface area contributed by atoms with Gasteiger partial charge in [-0.05, 0) is 19.1 Å². The fourth-order valence-electron chi connectivity index (χ4n) is 1.16. The molecule has 21 heavy (non-hydrogen) atoms. The lowest BCUT2D eigenvalue weighted by Gasteiger charge is -2.05. The van der Waals surface area contributed by atoms with E-state index in [0.29, 0.717) is 4.90 Å². The van der Waals surface area contributed by atoms with Gasteiger partial charge in [-0.25, -0.2) is 4.79 Å². The molecule has 8 heteroatoms. The number of oxime groups is 1. The zero-order valence-electron chi connectivity index (χ0n) is 11.4. The van der Waals surface area contributed by atoms with Crippen molar-refractivity contribution in [1.82, 2.24) is 0 Å². The summed E-state index contributed by atoms with van der Waals surface area (Å²) in [5.41, 5.74) is 0. The molecule has 0 aliphatic heterocycles. The van der Waals surface area contributed by atoms with E-state index >= 15 is 0 Å². The topological polar surface area (TPSA) is 82.0 Å². The molecule has 0 aliphatic rings. The first-order valence-corrected chi connectivity index (χ1v) is 8.38. The summed E-state index contributed by atoms with van der Waals surface area (Å²) in [6, 6.07) is 8.87. The molecule has 0 saturated heterocycles. The van der Waals surface area contributed by atoms with Crippen molar-refractivity contribution in [2.24, 2.45) is 5.16 Å². The molecule has 114 valence electrons. The number of esters is 1. The predicted molar refractivity (Wildman–Crippen MR) is 81.4 cm³/mol. The van der Waals surface area contributed by atoms with E-state index in [0.717, 1.165) is 11.8 Å². The number of hydrogen-bond donors (Lipinski definition) is 0. The van der Waals surface area contributed by atoms with Gasteiger partial charge in [0.25, 0.3) is 0 Å². The third-order valence-electron chi connectivity index (χ3n) is 1.96. The Hall–Kier alpha value is -1.80. The van der Waals surface area contributed by atoms with Crippen LogP contribution in [0.2, 0.25) is 0 Å². The molecule has 0 fully saturated rings. The molecule has 0 unspecified atom stereocenters. The van der Waals surface area contributed by atoms with Gasteiger partial charge in [0.05, 0.1) is 6.61 Å². The van der Waals surface area contributed by atoms with Crippen molar-refractivity contribution in [3.05, 3.63) is 43.0 Å². The Balaban J connectivity index is 2.92. The first kappa shape index (κ1) is 17.3. The first-order valence-electron chi connectivity index (χ1n) is 5.98. The summed E-state index contributed by atoms with van der Waals surface area (Å²) in [6.07, 6.45) is 1.17. The van der Waals surface area contributed by atoms with Crippen LogP contribution in [0.3, 0.4) is 0 Å². The first-order chi connectivity index (χ1) is 9.98. The lowest BCUT2D eigenvalue weighted by Crippen LogP contribution is -2.16. The highest BCUT2D eigenvalue weighted by molar-refractivity contribution is 8.15. The number of benzene rings is 1. The van der Waals surface area contributed by atoms with Crippen molar-refractivity contribution in [2.45, 2.75) is 11.8 Å². The maximum absolute atomic E-state index is 11.8. The Morgan fingerprint density at radius 1 is 1.38 bits per heavy atom. The maximum atomic E-state index is 11.8. The molecule has 0 aromatic heterocycles. The SMILES string of the molecule is C=CCS(=O)(=O)O/N=C(\Sc1ccccc1)C(=O)OCC. The normalized spacial score (nSPS) is 11.8. The average Bonchev–Trinajstić information content (AvgIpc) is 2.44. The Kier molecular flexibility index (Phi) is 6.97. The maximum Gasteiger partial charge on any atom is 0.367 e. The number of carbonyl (C=O) groups excluding carboxylic acids is 1. The Morgan fingerprint density at radius 2 is 2.05 bits per heavy atom. The number of hydrogen-bond acceptors (Lipinski definition) is 7. The second-order valence-electron chi connectivity index (χ2n) is 3.62. The Morgan fingerprint density at radius 3 is 2.62 bits per heavy atom. The Bertz CT molecular complexity index is 611. The van der Waals surface area contributed by atoms with Crippen LogP contribution in [0.15, 0.2) is 53.0 Å². The van der Waals surface area contributed by atoms with Gasteiger partial charge >= 0.3 is 16.1 Å². The highest BCUT2D eigenvalue weighted by atomic mass is 32.2. The van der Waals surface area contributed by atoms with Gasteiger partial charge in [-0.3, -0.25) is 4.28 Å². The van der Waals surface area contributed by atoms with Crippen LogP contribution in [-0.2, 0) is 23.9 Å². The van der Waals surface area contributed by atoms with Crippen LogP contribution in [0.25, 0.3) is 0 Å². The minimum atomic E-state index is -3.89. The fraction of sp³-hybridized carbons (Fsp3) is 0.231. The van der Waals surface area contributed by atoms with E-state index in [1.807, 2.05) is 6.07 Å². The monoisotopic (exact) mass is 329 g/mol. The smallest absolute Gasteiger partial charge is 0.367 e. The number of nitrogens with zero attached hydrogens (tertiary/aromatic N) is 1. The van der Waals surface area contributed by atoms with Crippen LogP contribution >= 0.6 is 11.8 Å². The molecular weight excluding hydrogens is 314 g/mol. The van der Waals surface area contributed by atoms with Crippen molar-refractivity contribution >= 4 is 32.9 Å². The minimum absolute atomic E-state index is 0.145. The van der Waals surface area contributed by atoms with Gasteiger partial charge in [0, 0.05) is 4.90 Å². The summed E-state index contributed by atoms with van der Waals surface area (Å²) < 4.78 is 32.1. The lowest BCUT2D eigenvalue weighted by atomic mass is 10.4. The van der Waals surface area contributed by atoms with Gasteiger partial charge in [-0.1, -0.05) is 41.2 Å². The predicted octanol–water partition coefficient (Wildman–Crippen LogP) is 2.19. The molecule has 6 nitrogen and oxygen atoms in total. The average molecular weight is 329 g/mol. The van der Waals surface area contributed by atoms with Crippen LogP contribution in [0.5, 0.6) is 0 Å². The molecule has 0 radical (unpaired) electrons. The summed E-state index contributed by atoms with van der Waals surface area (Å²) in [6.45, 7) is 5.08. The van der Waals surface area contributed by atoms with E-state index in [-0.39, 0.29) is 11.7 Å². The number of thioether (sulfide) groups is 1. The van der Waals surface area contributed by atoms with Crippen molar-refractivity contribution < 1.29 is 22.2 Å². The molecule has 0 bridgehead atoms. The molecule has 1 aromatic rings. The van der Waals surface area contributed by atoms with Crippen LogP contribution in [0.1, 0.15) is 6.92 Å². The highest BCUT2D eigenvalue weighted by Gasteiger charge is 2.18. The molecule has 0 amide bonds. The largest absolute Gasteiger partial charge is 0.461 e. The van der Waals surface area contributed by atoms with Crippen LogP contribution in [0, 0.1) is 0 Å². The minimum Gasteiger partial charge on any atom is -0.461 e. The van der Waals surface area contributed by atoms with Crippen LogP contribution < -0.4 is 0 Å². The summed E-state index contributed by atoms with van der Waals surface area (Å²) >= 11 is 0.956. The summed E-state index contributed by atoms with van der Waals surface area (Å²) in [4.78, 5) is 12.5. The van der Waals surface area contributed by atoms with Crippen molar-refractivity contribution in [1.29, 1.82) is 0 Å². The molecular formula is C13H15NO5S2. The van der Waals surface area contributed by atoms with Crippen molar-refractivity contribution in [3.8, 4) is 0 Å². The molecule has 0 aliphatic carbocycles. The van der Waals surface area contributed by atoms with E-state index in [1.165, 1.54) is 6.08 Å². The quantitative estimate of drug-likeness (QED) is 0.199. The highest BCUT2D eigenvalue weighted by Crippen LogP contribution is 2.20. The number of ether oxygens (including phenoxy) is 1. The zero-order chi connectivity index (χ0) is 15.7.